The van der Waals surface area contributed by atoms with Crippen LogP contribution in [0.1, 0.15) is 10.4 Å². The van der Waals surface area contributed by atoms with E-state index in [1.165, 1.54) is 14.1 Å². The zero-order valence-electron chi connectivity index (χ0n) is 9.34. The van der Waals surface area contributed by atoms with Gasteiger partial charge in [0.25, 0.3) is 0 Å². The molecule has 0 fully saturated rings. The Kier molecular flexibility index (Phi) is 3.30. The van der Waals surface area contributed by atoms with Crippen molar-refractivity contribution in [2.75, 3.05) is 25.6 Å². The molecular formula is C9H13N3O4S. The first-order valence-electron chi connectivity index (χ1n) is 4.52. The molecule has 7 nitrogen and oxygen atoms in total. The lowest BCUT2D eigenvalue weighted by molar-refractivity contribution is 0.0698. The van der Waals surface area contributed by atoms with E-state index < -0.39 is 16.0 Å². The van der Waals surface area contributed by atoms with Crippen molar-refractivity contribution in [3.63, 3.8) is 0 Å². The molecular weight excluding hydrogens is 246 g/mol. The SMILES string of the molecule is CN(C)S(=O)(=O)c1cc(N)c(N)c(C(=O)O)c1. The zero-order valence-corrected chi connectivity index (χ0v) is 10.2. The van der Waals surface area contributed by atoms with E-state index in [1.807, 2.05) is 0 Å². The van der Waals surface area contributed by atoms with E-state index >= 15 is 0 Å². The van der Waals surface area contributed by atoms with Crippen LogP contribution in [0.2, 0.25) is 0 Å². The number of carboxylic acid groups (broad SMARTS) is 1. The Morgan fingerprint density at radius 3 is 2.24 bits per heavy atom. The number of rotatable bonds is 3. The molecule has 0 aliphatic heterocycles. The summed E-state index contributed by atoms with van der Waals surface area (Å²) < 4.78 is 24.6. The predicted octanol–water partition coefficient (Wildman–Crippen LogP) is -0.200. The lowest BCUT2D eigenvalue weighted by Gasteiger charge is -2.13. The lowest BCUT2D eigenvalue weighted by Crippen LogP contribution is -2.23. The number of nitrogen functional groups attached to an aromatic ring is 2. The summed E-state index contributed by atoms with van der Waals surface area (Å²) in [7, 11) is -1.07. The molecule has 5 N–H and O–H groups in total. The standard InChI is InChI=1S/C9H13N3O4S/c1-12(2)17(15,16)5-3-6(9(13)14)8(11)7(10)4-5/h3-4H,10-11H2,1-2H3,(H,13,14). The van der Waals surface area contributed by atoms with Gasteiger partial charge >= 0.3 is 5.97 Å². The van der Waals surface area contributed by atoms with Crippen LogP contribution >= 0.6 is 0 Å². The number of sulfonamides is 1. The third kappa shape index (κ3) is 2.32. The van der Waals surface area contributed by atoms with Gasteiger partial charge in [-0.05, 0) is 12.1 Å². The first kappa shape index (κ1) is 13.3. The fourth-order valence-corrected chi connectivity index (χ4v) is 2.15. The van der Waals surface area contributed by atoms with Crippen LogP contribution in [-0.2, 0) is 10.0 Å². The van der Waals surface area contributed by atoms with Crippen molar-refractivity contribution in [2.45, 2.75) is 4.90 Å². The molecule has 0 bridgehead atoms. The Morgan fingerprint density at radius 2 is 1.82 bits per heavy atom. The molecule has 1 aromatic carbocycles. The Balaban J connectivity index is 3.55. The van der Waals surface area contributed by atoms with Crippen LogP contribution in [0.5, 0.6) is 0 Å². The molecule has 0 aromatic heterocycles. The normalized spacial score (nSPS) is 11.7. The van der Waals surface area contributed by atoms with Crippen molar-refractivity contribution in [2.24, 2.45) is 0 Å². The highest BCUT2D eigenvalue weighted by molar-refractivity contribution is 7.89. The van der Waals surface area contributed by atoms with E-state index in [9.17, 15) is 13.2 Å². The average Bonchev–Trinajstić information content (AvgIpc) is 2.20. The molecule has 1 rings (SSSR count). The fourth-order valence-electron chi connectivity index (χ4n) is 1.18. The van der Waals surface area contributed by atoms with Crippen LogP contribution in [0.4, 0.5) is 11.4 Å². The smallest absolute Gasteiger partial charge is 0.337 e. The van der Waals surface area contributed by atoms with E-state index in [4.69, 9.17) is 16.6 Å². The van der Waals surface area contributed by atoms with Gasteiger partial charge in [0.05, 0.1) is 21.8 Å². The van der Waals surface area contributed by atoms with Crippen molar-refractivity contribution in [3.8, 4) is 0 Å². The van der Waals surface area contributed by atoms with E-state index in [2.05, 4.69) is 0 Å². The van der Waals surface area contributed by atoms with Gasteiger partial charge in [-0.15, -0.1) is 0 Å². The quantitative estimate of drug-likeness (QED) is 0.645. The number of carbonyl (C=O) groups is 1. The number of hydrogen-bond donors (Lipinski definition) is 3. The van der Waals surface area contributed by atoms with E-state index in [-0.39, 0.29) is 21.8 Å². The summed E-state index contributed by atoms with van der Waals surface area (Å²) in [6, 6.07) is 2.13. The molecule has 1 aromatic rings. The third-order valence-corrected chi connectivity index (χ3v) is 3.99. The molecule has 0 saturated heterocycles. The molecule has 8 heteroatoms. The van der Waals surface area contributed by atoms with Gasteiger partial charge in [0, 0.05) is 14.1 Å². The first-order chi connectivity index (χ1) is 7.67. The summed E-state index contributed by atoms with van der Waals surface area (Å²) in [4.78, 5) is 10.7. The van der Waals surface area contributed by atoms with Crippen LogP contribution in [0.25, 0.3) is 0 Å². The topological polar surface area (TPSA) is 127 Å². The van der Waals surface area contributed by atoms with Gasteiger partial charge in [0.1, 0.15) is 0 Å². The van der Waals surface area contributed by atoms with Gasteiger partial charge in [-0.2, -0.15) is 0 Å². The van der Waals surface area contributed by atoms with Crippen LogP contribution in [-0.4, -0.2) is 37.9 Å². The second-order valence-corrected chi connectivity index (χ2v) is 5.72. The van der Waals surface area contributed by atoms with Gasteiger partial charge in [0.2, 0.25) is 10.0 Å². The number of nitrogens with zero attached hydrogens (tertiary/aromatic N) is 1. The summed E-state index contributed by atoms with van der Waals surface area (Å²) in [5.41, 5.74) is 10.4. The fraction of sp³-hybridized carbons (Fsp3) is 0.222. The summed E-state index contributed by atoms with van der Waals surface area (Å²) in [5.74, 6) is -1.33. The summed E-state index contributed by atoms with van der Waals surface area (Å²) in [6.07, 6.45) is 0. The van der Waals surface area contributed by atoms with Crippen molar-refractivity contribution >= 4 is 27.4 Å². The van der Waals surface area contributed by atoms with Crippen LogP contribution < -0.4 is 11.5 Å². The Hall–Kier alpha value is -1.80. The van der Waals surface area contributed by atoms with Gasteiger partial charge in [-0.1, -0.05) is 0 Å². The highest BCUT2D eigenvalue weighted by atomic mass is 32.2. The minimum Gasteiger partial charge on any atom is -0.478 e. The number of hydrogen-bond acceptors (Lipinski definition) is 5. The number of benzene rings is 1. The van der Waals surface area contributed by atoms with Crippen molar-refractivity contribution in [1.82, 2.24) is 4.31 Å². The largest absolute Gasteiger partial charge is 0.478 e. The molecule has 0 unspecified atom stereocenters. The number of carboxylic acids is 1. The molecule has 0 aliphatic carbocycles. The highest BCUT2D eigenvalue weighted by Crippen LogP contribution is 2.26. The zero-order chi connectivity index (χ0) is 13.4. The minimum absolute atomic E-state index is 0.0784. The van der Waals surface area contributed by atoms with E-state index in [0.717, 1.165) is 16.4 Å². The van der Waals surface area contributed by atoms with Crippen molar-refractivity contribution in [3.05, 3.63) is 17.7 Å². The second-order valence-electron chi connectivity index (χ2n) is 3.57. The Labute approximate surface area is 98.7 Å². The maximum Gasteiger partial charge on any atom is 0.337 e. The molecule has 0 saturated carbocycles. The van der Waals surface area contributed by atoms with Gasteiger partial charge in [0.15, 0.2) is 0 Å². The Bertz CT molecular complexity index is 566. The molecule has 0 radical (unpaired) electrons. The van der Waals surface area contributed by atoms with Crippen LogP contribution in [0.3, 0.4) is 0 Å². The van der Waals surface area contributed by atoms with Gasteiger partial charge in [-0.25, -0.2) is 17.5 Å². The summed E-state index contributed by atoms with van der Waals surface area (Å²) in [6.45, 7) is 0. The molecule has 94 valence electrons. The number of anilines is 2. The third-order valence-electron chi connectivity index (χ3n) is 2.19. The van der Waals surface area contributed by atoms with Gasteiger partial charge in [-0.3, -0.25) is 0 Å². The van der Waals surface area contributed by atoms with Crippen LogP contribution in [0, 0.1) is 0 Å². The number of aromatic carboxylic acids is 1. The van der Waals surface area contributed by atoms with Crippen molar-refractivity contribution in [1.29, 1.82) is 0 Å². The van der Waals surface area contributed by atoms with E-state index in [1.54, 1.807) is 0 Å². The van der Waals surface area contributed by atoms with Crippen LogP contribution in [0.15, 0.2) is 17.0 Å². The van der Waals surface area contributed by atoms with Gasteiger partial charge < -0.3 is 16.6 Å². The number of nitrogens with two attached hydrogens (primary N) is 2. The van der Waals surface area contributed by atoms with Crippen molar-refractivity contribution < 1.29 is 18.3 Å². The molecule has 0 heterocycles. The molecule has 0 atom stereocenters. The average molecular weight is 259 g/mol. The lowest BCUT2D eigenvalue weighted by atomic mass is 10.1. The van der Waals surface area contributed by atoms with E-state index in [0.29, 0.717) is 0 Å². The summed E-state index contributed by atoms with van der Waals surface area (Å²) >= 11 is 0. The Morgan fingerprint density at radius 1 is 1.29 bits per heavy atom. The minimum atomic E-state index is -3.74. The summed E-state index contributed by atoms with van der Waals surface area (Å²) in [5, 5.41) is 8.87. The maximum absolute atomic E-state index is 11.8. The second kappa shape index (κ2) is 4.22. The predicted molar refractivity (Wildman–Crippen MR) is 63.1 cm³/mol. The molecule has 0 spiro atoms. The molecule has 0 amide bonds. The molecule has 17 heavy (non-hydrogen) atoms. The monoisotopic (exact) mass is 259 g/mol. The highest BCUT2D eigenvalue weighted by Gasteiger charge is 2.22. The molecule has 0 aliphatic rings. The first-order valence-corrected chi connectivity index (χ1v) is 5.96. The maximum atomic E-state index is 11.8.